The van der Waals surface area contributed by atoms with Gasteiger partial charge in [0.2, 0.25) is 0 Å². The van der Waals surface area contributed by atoms with Crippen LogP contribution < -0.4 is 5.32 Å². The highest BCUT2D eigenvalue weighted by atomic mass is 16.6. The number of nitrogens with one attached hydrogen (secondary N) is 1. The third kappa shape index (κ3) is 9.43. The highest BCUT2D eigenvalue weighted by Crippen LogP contribution is 2.22. The lowest BCUT2D eigenvalue weighted by Gasteiger charge is -2.29. The molecule has 0 fully saturated rings. The SMILES string of the molecule is CC(C)CC(CC(O)C(C(=O)O)C(C)C)NC(=O)OC(C)(C)C. The predicted octanol–water partition coefficient (Wildman–Crippen LogP) is 3.03. The number of aliphatic hydroxyl groups excluding tert-OH is 1. The summed E-state index contributed by atoms with van der Waals surface area (Å²) < 4.78 is 5.24. The molecule has 0 bridgehead atoms. The van der Waals surface area contributed by atoms with Crippen LogP contribution in [0.4, 0.5) is 4.79 Å². The molecule has 0 saturated heterocycles. The van der Waals surface area contributed by atoms with Crippen molar-refractivity contribution in [3.05, 3.63) is 0 Å². The molecule has 6 nitrogen and oxygen atoms in total. The number of hydrogen-bond acceptors (Lipinski definition) is 4. The number of ether oxygens (including phenoxy) is 1. The van der Waals surface area contributed by atoms with E-state index in [1.807, 2.05) is 13.8 Å². The third-order valence-corrected chi connectivity index (χ3v) is 3.42. The van der Waals surface area contributed by atoms with Crippen LogP contribution in [0.5, 0.6) is 0 Å². The zero-order chi connectivity index (χ0) is 18.4. The second-order valence-corrected chi connectivity index (χ2v) is 7.88. The summed E-state index contributed by atoms with van der Waals surface area (Å²) in [5.41, 5.74) is -0.605. The van der Waals surface area contributed by atoms with E-state index in [0.29, 0.717) is 12.3 Å². The van der Waals surface area contributed by atoms with E-state index < -0.39 is 29.7 Å². The highest BCUT2D eigenvalue weighted by Gasteiger charge is 2.32. The van der Waals surface area contributed by atoms with Crippen molar-refractivity contribution in [2.75, 3.05) is 0 Å². The van der Waals surface area contributed by atoms with E-state index in [2.05, 4.69) is 5.32 Å². The molecule has 0 spiro atoms. The Hall–Kier alpha value is -1.30. The summed E-state index contributed by atoms with van der Waals surface area (Å²) in [6, 6.07) is -0.333. The van der Waals surface area contributed by atoms with Crippen LogP contribution in [-0.2, 0) is 9.53 Å². The van der Waals surface area contributed by atoms with E-state index in [4.69, 9.17) is 4.74 Å². The van der Waals surface area contributed by atoms with E-state index in [9.17, 15) is 19.8 Å². The number of carboxylic acids is 1. The number of aliphatic carboxylic acids is 1. The Bertz CT molecular complexity index is 387. The molecule has 0 saturated carbocycles. The molecule has 3 N–H and O–H groups in total. The average Bonchev–Trinajstić information content (AvgIpc) is 2.22. The van der Waals surface area contributed by atoms with Gasteiger partial charge in [-0.2, -0.15) is 0 Å². The minimum atomic E-state index is -1.02. The normalized spacial score (nSPS) is 16.1. The number of carbonyl (C=O) groups is 2. The number of alkyl carbamates (subject to hydrolysis) is 1. The first-order valence-corrected chi connectivity index (χ1v) is 8.23. The molecule has 0 aromatic carbocycles. The Kier molecular flexibility index (Phi) is 8.59. The largest absolute Gasteiger partial charge is 0.481 e. The van der Waals surface area contributed by atoms with Crippen LogP contribution in [0, 0.1) is 17.8 Å². The van der Waals surface area contributed by atoms with Crippen LogP contribution >= 0.6 is 0 Å². The second kappa shape index (κ2) is 9.11. The van der Waals surface area contributed by atoms with Crippen molar-refractivity contribution < 1.29 is 24.5 Å². The molecule has 0 radical (unpaired) electrons. The van der Waals surface area contributed by atoms with Crippen LogP contribution in [0.3, 0.4) is 0 Å². The molecule has 0 heterocycles. The van der Waals surface area contributed by atoms with Crippen molar-refractivity contribution in [1.82, 2.24) is 5.32 Å². The summed E-state index contributed by atoms with van der Waals surface area (Å²) >= 11 is 0. The second-order valence-electron chi connectivity index (χ2n) is 7.88. The van der Waals surface area contributed by atoms with Gasteiger partial charge in [0.15, 0.2) is 0 Å². The fraction of sp³-hybridized carbons (Fsp3) is 0.882. The van der Waals surface area contributed by atoms with Gasteiger partial charge in [-0.1, -0.05) is 27.7 Å². The quantitative estimate of drug-likeness (QED) is 0.635. The van der Waals surface area contributed by atoms with Gasteiger partial charge in [0, 0.05) is 6.04 Å². The summed E-state index contributed by atoms with van der Waals surface area (Å²) in [5, 5.41) is 22.3. The van der Waals surface area contributed by atoms with Gasteiger partial charge in [-0.3, -0.25) is 4.79 Å². The molecular weight excluding hydrogens is 298 g/mol. The number of carbonyl (C=O) groups excluding carboxylic acids is 1. The molecule has 0 rings (SSSR count). The van der Waals surface area contributed by atoms with Gasteiger partial charge in [0.05, 0.1) is 12.0 Å². The molecule has 3 unspecified atom stereocenters. The maximum absolute atomic E-state index is 11.9. The molecule has 3 atom stereocenters. The Morgan fingerprint density at radius 1 is 1.09 bits per heavy atom. The molecule has 23 heavy (non-hydrogen) atoms. The van der Waals surface area contributed by atoms with Crippen LogP contribution in [-0.4, -0.2) is 40.0 Å². The van der Waals surface area contributed by atoms with Crippen molar-refractivity contribution >= 4 is 12.1 Å². The standard InChI is InChI=1S/C17H33NO5/c1-10(2)8-12(18-16(22)23-17(5,6)7)9-13(19)14(11(3)4)15(20)21/h10-14,19H,8-9H2,1-7H3,(H,18,22)(H,20,21). The van der Waals surface area contributed by atoms with Gasteiger partial charge in [-0.25, -0.2) is 4.79 Å². The summed E-state index contributed by atoms with van der Waals surface area (Å²) in [6.07, 6.45) is -0.745. The van der Waals surface area contributed by atoms with Crippen molar-refractivity contribution in [3.8, 4) is 0 Å². The average molecular weight is 331 g/mol. The fourth-order valence-electron chi connectivity index (χ4n) is 2.59. The summed E-state index contributed by atoms with van der Waals surface area (Å²) in [7, 11) is 0. The van der Waals surface area contributed by atoms with Crippen LogP contribution in [0.15, 0.2) is 0 Å². The number of rotatable bonds is 8. The fourth-order valence-corrected chi connectivity index (χ4v) is 2.59. The molecule has 0 aromatic rings. The summed E-state index contributed by atoms with van der Waals surface area (Å²) in [4.78, 5) is 23.3. The number of amides is 1. The molecular formula is C17H33NO5. The van der Waals surface area contributed by atoms with Gasteiger partial charge in [0.1, 0.15) is 5.60 Å². The lowest BCUT2D eigenvalue weighted by atomic mass is 9.85. The first kappa shape index (κ1) is 21.7. The third-order valence-electron chi connectivity index (χ3n) is 3.42. The van der Waals surface area contributed by atoms with E-state index in [-0.39, 0.29) is 18.4 Å². The van der Waals surface area contributed by atoms with E-state index in [1.54, 1.807) is 34.6 Å². The first-order chi connectivity index (χ1) is 10.3. The lowest BCUT2D eigenvalue weighted by molar-refractivity contribution is -0.148. The number of aliphatic hydroxyl groups is 1. The van der Waals surface area contributed by atoms with E-state index >= 15 is 0 Å². The summed E-state index contributed by atoms with van der Waals surface area (Å²) in [5.74, 6) is -1.77. The zero-order valence-electron chi connectivity index (χ0n) is 15.4. The smallest absolute Gasteiger partial charge is 0.407 e. The highest BCUT2D eigenvalue weighted by molar-refractivity contribution is 5.71. The Morgan fingerprint density at radius 2 is 1.61 bits per heavy atom. The zero-order valence-corrected chi connectivity index (χ0v) is 15.4. The van der Waals surface area contributed by atoms with Crippen LogP contribution in [0.2, 0.25) is 0 Å². The Labute approximate surface area is 139 Å². The predicted molar refractivity (Wildman–Crippen MR) is 89.2 cm³/mol. The molecule has 0 aliphatic rings. The minimum absolute atomic E-state index is 0.187. The van der Waals surface area contributed by atoms with Crippen molar-refractivity contribution in [2.24, 2.45) is 17.8 Å². The van der Waals surface area contributed by atoms with Crippen molar-refractivity contribution in [1.29, 1.82) is 0 Å². The van der Waals surface area contributed by atoms with Crippen LogP contribution in [0.1, 0.15) is 61.3 Å². The minimum Gasteiger partial charge on any atom is -0.481 e. The van der Waals surface area contributed by atoms with Gasteiger partial charge in [-0.05, 0) is 45.4 Å². The van der Waals surface area contributed by atoms with Crippen LogP contribution in [0.25, 0.3) is 0 Å². The maximum Gasteiger partial charge on any atom is 0.407 e. The Morgan fingerprint density at radius 3 is 1.96 bits per heavy atom. The first-order valence-electron chi connectivity index (χ1n) is 8.23. The van der Waals surface area contributed by atoms with Gasteiger partial charge in [0.25, 0.3) is 0 Å². The monoisotopic (exact) mass is 331 g/mol. The van der Waals surface area contributed by atoms with Gasteiger partial charge < -0.3 is 20.3 Å². The molecule has 6 heteroatoms. The molecule has 0 aromatic heterocycles. The molecule has 0 aliphatic heterocycles. The summed E-state index contributed by atoms with van der Waals surface area (Å²) in [6.45, 7) is 12.9. The maximum atomic E-state index is 11.9. The van der Waals surface area contributed by atoms with E-state index in [0.717, 1.165) is 0 Å². The molecule has 0 aliphatic carbocycles. The topological polar surface area (TPSA) is 95.9 Å². The lowest BCUT2D eigenvalue weighted by Crippen LogP contribution is -2.44. The van der Waals surface area contributed by atoms with Gasteiger partial charge in [-0.15, -0.1) is 0 Å². The van der Waals surface area contributed by atoms with Crippen molar-refractivity contribution in [3.63, 3.8) is 0 Å². The van der Waals surface area contributed by atoms with Crippen molar-refractivity contribution in [2.45, 2.75) is 79.1 Å². The van der Waals surface area contributed by atoms with Gasteiger partial charge >= 0.3 is 12.1 Å². The molecule has 1 amide bonds. The number of carboxylic acid groups (broad SMARTS) is 1. The Balaban J connectivity index is 4.90. The number of hydrogen-bond donors (Lipinski definition) is 3. The molecule has 136 valence electrons. The van der Waals surface area contributed by atoms with E-state index in [1.165, 1.54) is 0 Å².